The smallest absolute Gasteiger partial charge is 0.143 e. The van der Waals surface area contributed by atoms with Crippen molar-refractivity contribution >= 4 is 38.4 Å². The van der Waals surface area contributed by atoms with E-state index in [1.165, 1.54) is 10.8 Å². The topological polar surface area (TPSA) is 39.2 Å². The molecule has 0 unspecified atom stereocenters. The predicted octanol–water partition coefficient (Wildman–Crippen LogP) is 6.34. The van der Waals surface area contributed by atoms with Crippen molar-refractivity contribution in [1.29, 1.82) is 0 Å². The van der Waals surface area contributed by atoms with Crippen molar-refractivity contribution < 1.29 is 4.42 Å². The molecule has 0 saturated carbocycles. The third-order valence-electron chi connectivity index (χ3n) is 4.91. The molecule has 0 aliphatic heterocycles. The second kappa shape index (κ2) is 5.50. The molecule has 1 aromatic heterocycles. The number of para-hydroxylation sites is 1. The van der Waals surface area contributed by atoms with E-state index in [9.17, 15) is 0 Å². The van der Waals surface area contributed by atoms with Crippen LogP contribution in [0.1, 0.15) is 5.56 Å². The van der Waals surface area contributed by atoms with Crippen LogP contribution in [-0.2, 0) is 0 Å². The molecule has 124 valence electrons. The van der Waals surface area contributed by atoms with Crippen LogP contribution in [0.4, 0.5) is 0 Å². The fraction of sp³-hybridized carbons (Fsp3) is 0. The third kappa shape index (κ3) is 2.12. The number of hydrogen-bond acceptors (Lipinski definition) is 2. The van der Waals surface area contributed by atoms with Gasteiger partial charge in [0.1, 0.15) is 11.2 Å². The summed E-state index contributed by atoms with van der Waals surface area (Å²) in [7, 11) is 0. The van der Waals surface area contributed by atoms with Crippen LogP contribution < -0.4 is 5.73 Å². The van der Waals surface area contributed by atoms with Gasteiger partial charge in [-0.25, -0.2) is 0 Å². The van der Waals surface area contributed by atoms with Gasteiger partial charge in [0.25, 0.3) is 0 Å². The highest BCUT2D eigenvalue weighted by Gasteiger charge is 2.16. The van der Waals surface area contributed by atoms with Gasteiger partial charge in [-0.15, -0.1) is 0 Å². The fourth-order valence-corrected chi connectivity index (χ4v) is 3.68. The van der Waals surface area contributed by atoms with E-state index < -0.39 is 0 Å². The van der Waals surface area contributed by atoms with Crippen LogP contribution in [-0.4, -0.2) is 0 Å². The van der Waals surface area contributed by atoms with Gasteiger partial charge in [0.05, 0.1) is 0 Å². The summed E-state index contributed by atoms with van der Waals surface area (Å²) in [6.07, 6.45) is 0. The molecule has 0 fully saturated rings. The van der Waals surface area contributed by atoms with Crippen molar-refractivity contribution in [3.05, 3.63) is 91.0 Å². The lowest BCUT2D eigenvalue weighted by molar-refractivity contribution is 0.670. The average molecular weight is 335 g/mol. The van der Waals surface area contributed by atoms with Crippen LogP contribution in [0.2, 0.25) is 0 Å². The lowest BCUT2D eigenvalue weighted by atomic mass is 9.94. The van der Waals surface area contributed by atoms with Crippen molar-refractivity contribution in [2.24, 2.45) is 5.73 Å². The first kappa shape index (κ1) is 14.8. The Hall–Kier alpha value is -3.52. The van der Waals surface area contributed by atoms with Crippen molar-refractivity contribution in [1.82, 2.24) is 0 Å². The zero-order chi connectivity index (χ0) is 17.7. The Morgan fingerprint density at radius 2 is 1.54 bits per heavy atom. The second-order valence-electron chi connectivity index (χ2n) is 6.55. The normalized spacial score (nSPS) is 11.4. The first-order chi connectivity index (χ1) is 12.7. The molecular formula is C24H17NO. The summed E-state index contributed by atoms with van der Waals surface area (Å²) >= 11 is 0. The molecule has 5 rings (SSSR count). The van der Waals surface area contributed by atoms with Crippen LogP contribution in [0, 0.1) is 0 Å². The number of hydrogen-bond donors (Lipinski definition) is 1. The highest BCUT2D eigenvalue weighted by Crippen LogP contribution is 2.41. The Morgan fingerprint density at radius 3 is 2.38 bits per heavy atom. The Labute approximate surface area is 151 Å². The van der Waals surface area contributed by atoms with Crippen LogP contribution in [0.25, 0.3) is 49.5 Å². The third-order valence-corrected chi connectivity index (χ3v) is 4.91. The van der Waals surface area contributed by atoms with Gasteiger partial charge in [-0.3, -0.25) is 0 Å². The van der Waals surface area contributed by atoms with Gasteiger partial charge < -0.3 is 10.2 Å². The SMILES string of the molecule is C=C(N)c1cccc(-c2c3ccccc3cc3c2oc2ccccc23)c1. The minimum Gasteiger partial charge on any atom is -0.455 e. The molecule has 1 heterocycles. The average Bonchev–Trinajstić information content (AvgIpc) is 3.04. The number of fused-ring (bicyclic) bond motifs is 4. The summed E-state index contributed by atoms with van der Waals surface area (Å²) < 4.78 is 6.29. The summed E-state index contributed by atoms with van der Waals surface area (Å²) in [5, 5.41) is 4.62. The molecule has 0 radical (unpaired) electrons. The quantitative estimate of drug-likeness (QED) is 0.409. The van der Waals surface area contributed by atoms with E-state index in [0.29, 0.717) is 5.70 Å². The van der Waals surface area contributed by atoms with E-state index in [0.717, 1.165) is 38.6 Å². The van der Waals surface area contributed by atoms with Gasteiger partial charge in [0, 0.05) is 22.0 Å². The second-order valence-corrected chi connectivity index (χ2v) is 6.55. The van der Waals surface area contributed by atoms with Crippen LogP contribution in [0.3, 0.4) is 0 Å². The molecule has 26 heavy (non-hydrogen) atoms. The predicted molar refractivity (Wildman–Crippen MR) is 110 cm³/mol. The number of rotatable bonds is 2. The molecular weight excluding hydrogens is 318 g/mol. The van der Waals surface area contributed by atoms with Crippen molar-refractivity contribution in [3.8, 4) is 11.1 Å². The lowest BCUT2D eigenvalue weighted by Crippen LogP contribution is -1.94. The maximum Gasteiger partial charge on any atom is 0.143 e. The zero-order valence-corrected chi connectivity index (χ0v) is 14.2. The summed E-state index contributed by atoms with van der Waals surface area (Å²) in [4.78, 5) is 0. The molecule has 0 saturated heterocycles. The van der Waals surface area contributed by atoms with Crippen molar-refractivity contribution in [2.75, 3.05) is 0 Å². The molecule has 0 spiro atoms. The van der Waals surface area contributed by atoms with Crippen LogP contribution in [0.5, 0.6) is 0 Å². The Kier molecular flexibility index (Phi) is 3.13. The van der Waals surface area contributed by atoms with E-state index >= 15 is 0 Å². The van der Waals surface area contributed by atoms with Gasteiger partial charge in [0.15, 0.2) is 0 Å². The summed E-state index contributed by atoms with van der Waals surface area (Å²) in [6.45, 7) is 3.87. The van der Waals surface area contributed by atoms with E-state index in [2.05, 4.69) is 55.1 Å². The van der Waals surface area contributed by atoms with E-state index in [4.69, 9.17) is 10.2 Å². The Bertz CT molecular complexity index is 1310. The Morgan fingerprint density at radius 1 is 0.769 bits per heavy atom. The van der Waals surface area contributed by atoms with E-state index in [-0.39, 0.29) is 0 Å². The van der Waals surface area contributed by atoms with Crippen LogP contribution in [0.15, 0.2) is 89.9 Å². The minimum absolute atomic E-state index is 0.563. The van der Waals surface area contributed by atoms with Gasteiger partial charge in [0.2, 0.25) is 0 Å². The van der Waals surface area contributed by atoms with Gasteiger partial charge >= 0.3 is 0 Å². The lowest BCUT2D eigenvalue weighted by Gasteiger charge is -2.10. The highest BCUT2D eigenvalue weighted by atomic mass is 16.3. The first-order valence-electron chi connectivity index (χ1n) is 8.60. The minimum atomic E-state index is 0.563. The fourth-order valence-electron chi connectivity index (χ4n) is 3.68. The molecule has 5 aromatic rings. The molecule has 2 nitrogen and oxygen atoms in total. The number of nitrogens with two attached hydrogens (primary N) is 1. The Balaban J connectivity index is 1.98. The molecule has 0 aliphatic carbocycles. The van der Waals surface area contributed by atoms with Crippen molar-refractivity contribution in [2.45, 2.75) is 0 Å². The number of furan rings is 1. The molecule has 2 heteroatoms. The molecule has 0 bridgehead atoms. The molecule has 0 atom stereocenters. The van der Waals surface area contributed by atoms with E-state index in [1.54, 1.807) is 0 Å². The number of benzene rings is 4. The maximum absolute atomic E-state index is 6.29. The molecule has 4 aromatic carbocycles. The van der Waals surface area contributed by atoms with E-state index in [1.807, 2.05) is 30.3 Å². The highest BCUT2D eigenvalue weighted by molar-refractivity contribution is 6.18. The summed E-state index contributed by atoms with van der Waals surface area (Å²) in [5.41, 5.74) is 11.4. The summed E-state index contributed by atoms with van der Waals surface area (Å²) in [6, 6.07) is 27.0. The molecule has 0 amide bonds. The maximum atomic E-state index is 6.29. The van der Waals surface area contributed by atoms with Gasteiger partial charge in [-0.2, -0.15) is 0 Å². The standard InChI is InChI=1S/C24H17NO/c1-15(25)16-8-6-9-18(13-16)23-19-10-3-2-7-17(19)14-21-20-11-4-5-12-22(20)26-24(21)23/h2-14H,1,25H2. The van der Waals surface area contributed by atoms with Crippen molar-refractivity contribution in [3.63, 3.8) is 0 Å². The molecule has 2 N–H and O–H groups in total. The van der Waals surface area contributed by atoms with Gasteiger partial charge in [-0.1, -0.05) is 67.2 Å². The first-order valence-corrected chi connectivity index (χ1v) is 8.60. The summed E-state index contributed by atoms with van der Waals surface area (Å²) in [5.74, 6) is 0. The van der Waals surface area contributed by atoms with Gasteiger partial charge in [-0.05, 0) is 40.1 Å². The zero-order valence-electron chi connectivity index (χ0n) is 14.2. The largest absolute Gasteiger partial charge is 0.455 e. The monoisotopic (exact) mass is 335 g/mol. The van der Waals surface area contributed by atoms with Crippen LogP contribution >= 0.6 is 0 Å². The molecule has 0 aliphatic rings.